The van der Waals surface area contributed by atoms with E-state index in [9.17, 15) is 0 Å². The first kappa shape index (κ1) is 16.0. The van der Waals surface area contributed by atoms with Crippen molar-refractivity contribution in [2.24, 2.45) is 0 Å². The Labute approximate surface area is 65.7 Å². The van der Waals surface area contributed by atoms with Crippen molar-refractivity contribution < 1.29 is 39.7 Å². The van der Waals surface area contributed by atoms with Gasteiger partial charge in [0.1, 0.15) is 0 Å². The van der Waals surface area contributed by atoms with E-state index in [-0.39, 0.29) is 25.7 Å². The molecule has 0 aliphatic heterocycles. The van der Waals surface area contributed by atoms with Crippen molar-refractivity contribution in [3.05, 3.63) is 0 Å². The second-order valence-corrected chi connectivity index (χ2v) is 0.672. The van der Waals surface area contributed by atoms with E-state index in [1.165, 1.54) is 0 Å². The van der Waals surface area contributed by atoms with Crippen LogP contribution in [0.25, 0.3) is 0 Å². The van der Waals surface area contributed by atoms with Crippen LogP contribution in [0.15, 0.2) is 0 Å². The SMILES string of the molecule is O=BOB=O.[O]=[Ti]=[O].[SiH4]. The minimum absolute atomic E-state index is 0. The Balaban J connectivity index is -0.0000000800. The van der Waals surface area contributed by atoms with Crippen molar-refractivity contribution in [1.82, 2.24) is 0 Å². The van der Waals surface area contributed by atoms with Gasteiger partial charge >= 0.3 is 54.4 Å². The summed E-state index contributed by atoms with van der Waals surface area (Å²) in [5.41, 5.74) is 0. The Bertz CT molecular complexity index is 91.1. The molecule has 0 saturated carbocycles. The topological polar surface area (TPSA) is 77.5 Å². The first-order valence-electron chi connectivity index (χ1n) is 1.35. The normalized spacial score (nSPS) is 3.11. The monoisotopic (exact) mass is 182 g/mol. The molecule has 0 atom stereocenters. The molecule has 0 rings (SSSR count). The first-order valence-corrected chi connectivity index (χ1v) is 2.63. The van der Waals surface area contributed by atoms with Crippen LogP contribution in [0.1, 0.15) is 0 Å². The van der Waals surface area contributed by atoms with Gasteiger partial charge in [-0.05, 0) is 11.0 Å². The molecule has 0 amide bonds. The van der Waals surface area contributed by atoms with Crippen molar-refractivity contribution in [2.45, 2.75) is 0 Å². The van der Waals surface area contributed by atoms with E-state index >= 15 is 0 Å². The van der Waals surface area contributed by atoms with Gasteiger partial charge in [0.05, 0.1) is 0 Å². The molecular weight excluding hydrogens is 178 g/mol. The van der Waals surface area contributed by atoms with Crippen molar-refractivity contribution in [3.8, 4) is 0 Å². The maximum absolute atomic E-state index is 8.95. The standard InChI is InChI=1S/B2O3.2O.H4Si.Ti/c3-1-5-2-4;;;;/h;;;1H4;. The zero-order valence-electron chi connectivity index (χ0n) is 3.70. The van der Waals surface area contributed by atoms with Gasteiger partial charge in [0, 0.05) is 0 Å². The fourth-order valence-corrected chi connectivity index (χ4v) is 0.0227. The molecule has 0 spiro atoms. The number of rotatable bonds is 2. The Hall–Kier alpha value is 0.0610. The van der Waals surface area contributed by atoms with E-state index in [0.717, 1.165) is 0 Å². The Morgan fingerprint density at radius 2 is 1.33 bits per heavy atom. The fourth-order valence-electron chi connectivity index (χ4n) is 0.0227. The summed E-state index contributed by atoms with van der Waals surface area (Å²) in [6.45, 7) is 0. The van der Waals surface area contributed by atoms with Crippen LogP contribution in [0.3, 0.4) is 0 Å². The molecule has 0 unspecified atom stereocenters. The quantitative estimate of drug-likeness (QED) is 0.432. The predicted octanol–water partition coefficient (Wildman–Crippen LogP) is -2.76. The summed E-state index contributed by atoms with van der Waals surface area (Å²) in [4.78, 5) is 0. The minimum atomic E-state index is -2.00. The number of hydrogen-bond donors (Lipinski definition) is 0. The van der Waals surface area contributed by atoms with Gasteiger partial charge in [0.25, 0.3) is 0 Å². The summed E-state index contributed by atoms with van der Waals surface area (Å²) in [5.74, 6) is 0. The van der Waals surface area contributed by atoms with Gasteiger partial charge in [0.2, 0.25) is 0 Å². The fraction of sp³-hybridized carbons (Fsp3) is 0. The first-order chi connectivity index (χ1) is 3.83. The van der Waals surface area contributed by atoms with E-state index in [0.29, 0.717) is 0 Å². The molecule has 9 heavy (non-hydrogen) atoms. The van der Waals surface area contributed by atoms with Crippen LogP contribution in [-0.2, 0) is 39.7 Å². The molecule has 0 heterocycles. The molecule has 0 aliphatic rings. The van der Waals surface area contributed by atoms with Gasteiger partial charge < -0.3 is 0 Å². The summed E-state index contributed by atoms with van der Waals surface area (Å²) in [6.07, 6.45) is 0. The van der Waals surface area contributed by atoms with Crippen LogP contribution in [-0.4, -0.2) is 25.7 Å². The van der Waals surface area contributed by atoms with Crippen molar-refractivity contribution >= 4 is 25.7 Å². The molecule has 0 radical (unpaired) electrons. The third kappa shape index (κ3) is 69.7. The molecule has 0 aromatic rings. The summed E-state index contributed by atoms with van der Waals surface area (Å²) >= 11 is -2.00. The zero-order chi connectivity index (χ0) is 6.83. The summed E-state index contributed by atoms with van der Waals surface area (Å²) in [6, 6.07) is 0. The van der Waals surface area contributed by atoms with Crippen LogP contribution in [0.5, 0.6) is 0 Å². The van der Waals surface area contributed by atoms with Gasteiger partial charge in [-0.3, -0.25) is 0 Å². The van der Waals surface area contributed by atoms with Crippen LogP contribution >= 0.6 is 0 Å². The Morgan fingerprint density at radius 3 is 1.33 bits per heavy atom. The van der Waals surface area contributed by atoms with E-state index in [4.69, 9.17) is 16.1 Å². The van der Waals surface area contributed by atoms with Crippen molar-refractivity contribution in [2.75, 3.05) is 0 Å². The Morgan fingerprint density at radius 1 is 1.11 bits per heavy atom. The van der Waals surface area contributed by atoms with Gasteiger partial charge in [-0.2, -0.15) is 0 Å². The molecule has 0 aromatic heterocycles. The smallest absolute Gasteiger partial charge is 0.0149 e. The summed E-state index contributed by atoms with van der Waals surface area (Å²) in [5, 5.41) is 0. The van der Waals surface area contributed by atoms with Crippen LogP contribution in [0.4, 0.5) is 0 Å². The molecule has 0 aromatic carbocycles. The number of hydrogen-bond acceptors (Lipinski definition) is 5. The van der Waals surface area contributed by atoms with Gasteiger partial charge in [-0.1, -0.05) is 0 Å². The maximum Gasteiger partial charge on any atom is -0.0149 e. The molecular formula is H4B2O5SiTi. The van der Waals surface area contributed by atoms with E-state index < -0.39 is 19.1 Å². The third-order valence-corrected chi connectivity index (χ3v) is 0.111. The second-order valence-electron chi connectivity index (χ2n) is 0.412. The molecule has 9 heteroatoms. The third-order valence-electron chi connectivity index (χ3n) is 0.111. The zero-order valence-corrected chi connectivity index (χ0v) is 5.26. The van der Waals surface area contributed by atoms with Crippen LogP contribution < -0.4 is 0 Å². The molecule has 5 nitrogen and oxygen atoms in total. The minimum Gasteiger partial charge on any atom is -0.0149 e. The predicted molar refractivity (Wildman–Crippen MR) is 26.7 cm³/mol. The second kappa shape index (κ2) is 24.4. The van der Waals surface area contributed by atoms with Gasteiger partial charge in [-0.25, -0.2) is 0 Å². The largest absolute Gasteiger partial charge is 0.0149 e. The molecule has 0 aliphatic carbocycles. The molecule has 48 valence electrons. The maximum atomic E-state index is 8.95. The van der Waals surface area contributed by atoms with E-state index in [1.54, 1.807) is 0 Å². The van der Waals surface area contributed by atoms with Crippen molar-refractivity contribution in [3.63, 3.8) is 0 Å². The van der Waals surface area contributed by atoms with Gasteiger partial charge in [-0.15, -0.1) is 0 Å². The average molecular weight is 182 g/mol. The Kier molecular flexibility index (Phi) is 43.4. The van der Waals surface area contributed by atoms with Crippen LogP contribution in [0.2, 0.25) is 0 Å². The van der Waals surface area contributed by atoms with Crippen molar-refractivity contribution in [1.29, 1.82) is 0 Å². The summed E-state index contributed by atoms with van der Waals surface area (Å²) in [7, 11) is 0.125. The molecule has 0 bridgehead atoms. The van der Waals surface area contributed by atoms with Gasteiger partial charge in [0.15, 0.2) is 0 Å². The van der Waals surface area contributed by atoms with Crippen LogP contribution in [0, 0.1) is 0 Å². The van der Waals surface area contributed by atoms with E-state index in [1.807, 2.05) is 0 Å². The molecule has 0 saturated heterocycles. The molecule has 0 fully saturated rings. The summed E-state index contributed by atoms with van der Waals surface area (Å²) < 4.78 is 38.4. The molecule has 0 N–H and O–H groups in total. The average Bonchev–Trinajstić information content (AvgIpc) is 1.71. The van der Waals surface area contributed by atoms with E-state index in [2.05, 4.69) is 4.57 Å².